The van der Waals surface area contributed by atoms with Crippen LogP contribution in [0, 0.1) is 6.92 Å². The molecule has 0 saturated carbocycles. The molecule has 0 unspecified atom stereocenters. The average Bonchev–Trinajstić information content (AvgIpc) is 2.96. The van der Waals surface area contributed by atoms with Crippen LogP contribution in [0.3, 0.4) is 0 Å². The highest BCUT2D eigenvalue weighted by Gasteiger charge is 2.20. The lowest BCUT2D eigenvalue weighted by Crippen LogP contribution is -2.38. The summed E-state index contributed by atoms with van der Waals surface area (Å²) in [5, 5.41) is 11.0. The summed E-state index contributed by atoms with van der Waals surface area (Å²) in [5.74, 6) is 0.264. The number of nitrogens with zero attached hydrogens (tertiary/aromatic N) is 2. The molecule has 0 bridgehead atoms. The number of carbonyl (C=O) groups is 1. The molecular formula is C24H36N2O2. The monoisotopic (exact) mass is 384 g/mol. The molecule has 0 aliphatic heterocycles. The molecule has 0 saturated heterocycles. The summed E-state index contributed by atoms with van der Waals surface area (Å²) in [5.41, 5.74) is 2.65. The van der Waals surface area contributed by atoms with Gasteiger partial charge in [-0.3, -0.25) is 0 Å². The molecule has 28 heavy (non-hydrogen) atoms. The summed E-state index contributed by atoms with van der Waals surface area (Å²) in [6.45, 7) is 8.49. The topological polar surface area (TPSA) is 48.9 Å². The fraction of sp³-hybridized carbons (Fsp3) is 0.583. The van der Waals surface area contributed by atoms with Crippen molar-refractivity contribution in [3.63, 3.8) is 0 Å². The van der Waals surface area contributed by atoms with Gasteiger partial charge in [0.25, 0.3) is 5.82 Å². The minimum atomic E-state index is -1.12. The van der Waals surface area contributed by atoms with Crippen LogP contribution in [-0.2, 0) is 19.5 Å². The van der Waals surface area contributed by atoms with Gasteiger partial charge in [0.1, 0.15) is 18.4 Å². The fourth-order valence-corrected chi connectivity index (χ4v) is 3.86. The number of aryl methyl sites for hydroxylation is 1. The van der Waals surface area contributed by atoms with Crippen LogP contribution in [0.15, 0.2) is 30.5 Å². The largest absolute Gasteiger partial charge is 0.545 e. The molecule has 154 valence electrons. The molecule has 0 atom stereocenters. The summed E-state index contributed by atoms with van der Waals surface area (Å²) in [4.78, 5) is 11.0. The van der Waals surface area contributed by atoms with Crippen molar-refractivity contribution in [2.24, 2.45) is 0 Å². The first-order valence-electron chi connectivity index (χ1n) is 11.0. The Hall–Kier alpha value is -2.10. The van der Waals surface area contributed by atoms with Crippen LogP contribution in [0.5, 0.6) is 0 Å². The first-order valence-corrected chi connectivity index (χ1v) is 11.0. The normalized spacial score (nSPS) is 11.1. The maximum atomic E-state index is 11.0. The van der Waals surface area contributed by atoms with Gasteiger partial charge in [0.15, 0.2) is 0 Å². The van der Waals surface area contributed by atoms with E-state index in [0.717, 1.165) is 31.5 Å². The first kappa shape index (κ1) is 22.2. The van der Waals surface area contributed by atoms with Crippen molar-refractivity contribution in [3.8, 4) is 0 Å². The highest BCUT2D eigenvalue weighted by atomic mass is 16.4. The number of aromatic nitrogens is 2. The third-order valence-corrected chi connectivity index (χ3v) is 5.41. The predicted octanol–water partition coefficient (Wildman–Crippen LogP) is 4.20. The molecule has 1 aromatic carbocycles. The van der Waals surface area contributed by atoms with Crippen LogP contribution in [0.25, 0.3) is 0 Å². The Bertz CT molecular complexity index is 732. The Morgan fingerprint density at radius 1 is 0.964 bits per heavy atom. The summed E-state index contributed by atoms with van der Waals surface area (Å²) < 4.78 is 4.79. The summed E-state index contributed by atoms with van der Waals surface area (Å²) >= 11 is 0. The van der Waals surface area contributed by atoms with Gasteiger partial charge in [0, 0.05) is 13.3 Å². The number of carboxylic acids is 1. The number of benzene rings is 1. The van der Waals surface area contributed by atoms with Crippen LogP contribution in [0.1, 0.15) is 92.7 Å². The smallest absolute Gasteiger partial charge is 0.256 e. The lowest BCUT2D eigenvalue weighted by molar-refractivity contribution is -0.695. The van der Waals surface area contributed by atoms with Crippen molar-refractivity contribution in [2.45, 2.75) is 91.6 Å². The van der Waals surface area contributed by atoms with Crippen LogP contribution < -0.4 is 9.67 Å². The molecule has 0 N–H and O–H groups in total. The van der Waals surface area contributed by atoms with E-state index in [1.807, 2.05) is 12.1 Å². The van der Waals surface area contributed by atoms with Crippen LogP contribution in [0.4, 0.5) is 0 Å². The van der Waals surface area contributed by atoms with Crippen molar-refractivity contribution >= 4 is 5.97 Å². The van der Waals surface area contributed by atoms with Crippen molar-refractivity contribution in [1.29, 1.82) is 0 Å². The summed E-state index contributed by atoms with van der Waals surface area (Å²) in [6.07, 6.45) is 13.7. The van der Waals surface area contributed by atoms with Gasteiger partial charge in [-0.05, 0) is 24.0 Å². The van der Waals surface area contributed by atoms with E-state index in [1.54, 1.807) is 12.1 Å². The molecule has 1 heterocycles. The molecule has 2 aromatic rings. The van der Waals surface area contributed by atoms with Gasteiger partial charge in [-0.15, -0.1) is 0 Å². The van der Waals surface area contributed by atoms with Gasteiger partial charge in [0.2, 0.25) is 0 Å². The molecule has 2 rings (SSSR count). The lowest BCUT2D eigenvalue weighted by Gasteiger charge is -2.07. The number of hydrogen-bond donors (Lipinski definition) is 0. The minimum Gasteiger partial charge on any atom is -0.545 e. The highest BCUT2D eigenvalue weighted by Crippen LogP contribution is 2.13. The van der Waals surface area contributed by atoms with E-state index in [2.05, 4.69) is 36.1 Å². The highest BCUT2D eigenvalue weighted by molar-refractivity contribution is 5.85. The van der Waals surface area contributed by atoms with Crippen LogP contribution in [-0.4, -0.2) is 10.5 Å². The predicted molar refractivity (Wildman–Crippen MR) is 111 cm³/mol. The number of aromatic carboxylic acids is 1. The Balaban J connectivity index is 2.04. The number of hydrogen-bond acceptors (Lipinski definition) is 2. The van der Waals surface area contributed by atoms with E-state index in [9.17, 15) is 9.90 Å². The van der Waals surface area contributed by atoms with E-state index in [1.165, 1.54) is 56.5 Å². The van der Waals surface area contributed by atoms with E-state index in [-0.39, 0.29) is 5.56 Å². The molecule has 0 fully saturated rings. The number of carboxylic acid groups (broad SMARTS) is 1. The average molecular weight is 385 g/mol. The van der Waals surface area contributed by atoms with Gasteiger partial charge in [-0.25, -0.2) is 9.13 Å². The number of imidazole rings is 1. The first-order chi connectivity index (χ1) is 13.6. The second-order valence-electron chi connectivity index (χ2n) is 7.82. The number of carbonyl (C=O) groups excluding carboxylic acids is 1. The van der Waals surface area contributed by atoms with Crippen molar-refractivity contribution < 1.29 is 14.5 Å². The molecule has 0 spiro atoms. The number of rotatable bonds is 13. The zero-order valence-electron chi connectivity index (χ0n) is 17.9. The number of unbranched alkanes of at least 4 members (excludes halogenated alkanes) is 6. The lowest BCUT2D eigenvalue weighted by atomic mass is 10.1. The van der Waals surface area contributed by atoms with Crippen molar-refractivity contribution in [2.75, 3.05) is 0 Å². The second-order valence-corrected chi connectivity index (χ2v) is 7.82. The standard InChI is InChI=1S/C24H36N2O2/c1-4-6-7-8-9-10-11-12-23-25(18-20(3)26(23)17-5-2)19-21-13-15-22(16-14-21)24(27)28/h13-16,18H,4-12,17,19H2,1-3H3. The fourth-order valence-electron chi connectivity index (χ4n) is 3.86. The Morgan fingerprint density at radius 3 is 2.21 bits per heavy atom. The SMILES string of the molecule is CCCCCCCCCc1n(CCC)c(C)c[n+]1Cc1ccc(C(=O)[O-])cc1. The summed E-state index contributed by atoms with van der Waals surface area (Å²) in [6, 6.07) is 7.05. The van der Waals surface area contributed by atoms with Crippen LogP contribution in [0.2, 0.25) is 0 Å². The maximum absolute atomic E-state index is 11.0. The van der Waals surface area contributed by atoms with Crippen molar-refractivity contribution in [3.05, 3.63) is 53.1 Å². The van der Waals surface area contributed by atoms with Gasteiger partial charge in [-0.2, -0.15) is 0 Å². The van der Waals surface area contributed by atoms with E-state index in [4.69, 9.17) is 0 Å². The summed E-state index contributed by atoms with van der Waals surface area (Å²) in [7, 11) is 0. The third-order valence-electron chi connectivity index (χ3n) is 5.41. The Morgan fingerprint density at radius 2 is 1.61 bits per heavy atom. The van der Waals surface area contributed by atoms with Crippen molar-refractivity contribution in [1.82, 2.24) is 4.57 Å². The second kappa shape index (κ2) is 11.7. The molecular weight excluding hydrogens is 348 g/mol. The Kier molecular flexibility index (Phi) is 9.26. The molecule has 0 radical (unpaired) electrons. The van der Waals surface area contributed by atoms with Gasteiger partial charge < -0.3 is 9.90 Å². The van der Waals surface area contributed by atoms with E-state index >= 15 is 0 Å². The quantitative estimate of drug-likeness (QED) is 0.384. The molecule has 0 amide bonds. The van der Waals surface area contributed by atoms with E-state index in [0.29, 0.717) is 0 Å². The van der Waals surface area contributed by atoms with Gasteiger partial charge in [0.05, 0.1) is 12.5 Å². The van der Waals surface area contributed by atoms with Crippen LogP contribution >= 0.6 is 0 Å². The molecule has 4 nitrogen and oxygen atoms in total. The van der Waals surface area contributed by atoms with E-state index < -0.39 is 5.97 Å². The zero-order valence-corrected chi connectivity index (χ0v) is 17.9. The zero-order chi connectivity index (χ0) is 20.4. The van der Waals surface area contributed by atoms with Gasteiger partial charge >= 0.3 is 0 Å². The van der Waals surface area contributed by atoms with Gasteiger partial charge in [-0.1, -0.05) is 76.6 Å². The maximum Gasteiger partial charge on any atom is 0.256 e. The minimum absolute atomic E-state index is 0.233. The molecule has 4 heteroatoms. The molecule has 0 aliphatic rings. The Labute approximate surface area is 170 Å². The third kappa shape index (κ3) is 6.50. The molecule has 1 aromatic heterocycles. The molecule has 0 aliphatic carbocycles.